The molecule has 1 unspecified atom stereocenters. The molecule has 0 bridgehead atoms. The first-order valence-corrected chi connectivity index (χ1v) is 7.74. The molecule has 0 aliphatic rings. The summed E-state index contributed by atoms with van der Waals surface area (Å²) in [5.41, 5.74) is 0.170. The van der Waals surface area contributed by atoms with E-state index in [9.17, 15) is 5.11 Å². The predicted molar refractivity (Wildman–Crippen MR) is 92.1 cm³/mol. The van der Waals surface area contributed by atoms with E-state index in [0.717, 1.165) is 18.5 Å². The minimum absolute atomic E-state index is 0.508. The van der Waals surface area contributed by atoms with Crippen LogP contribution in [0, 0.1) is 0 Å². The Hall–Kier alpha value is -1.56. The summed E-state index contributed by atoms with van der Waals surface area (Å²) in [6.07, 6.45) is 2.47. The summed E-state index contributed by atoms with van der Waals surface area (Å²) in [6.45, 7) is 8.19. The molecule has 23 heavy (non-hydrogen) atoms. The first-order chi connectivity index (χ1) is 11.0. The van der Waals surface area contributed by atoms with Gasteiger partial charge in [0, 0.05) is 33.4 Å². The van der Waals surface area contributed by atoms with Crippen LogP contribution in [-0.4, -0.2) is 56.6 Å². The van der Waals surface area contributed by atoms with Gasteiger partial charge in [0.15, 0.2) is 11.5 Å². The van der Waals surface area contributed by atoms with E-state index in [4.69, 9.17) is 14.2 Å². The Balaban J connectivity index is 2.84. The first-order valence-electron chi connectivity index (χ1n) is 7.74. The van der Waals surface area contributed by atoms with E-state index in [1.165, 1.54) is 0 Å². The van der Waals surface area contributed by atoms with Crippen LogP contribution in [0.25, 0.3) is 0 Å². The smallest absolute Gasteiger partial charge is 0.161 e. The zero-order valence-corrected chi connectivity index (χ0v) is 14.7. The molecule has 0 radical (unpaired) electrons. The molecule has 0 fully saturated rings. The Kier molecular flexibility index (Phi) is 8.09. The van der Waals surface area contributed by atoms with Gasteiger partial charge in [0.25, 0.3) is 0 Å². The van der Waals surface area contributed by atoms with Gasteiger partial charge in [0.1, 0.15) is 0 Å². The van der Waals surface area contributed by atoms with Gasteiger partial charge >= 0.3 is 0 Å². The largest absolute Gasteiger partial charge is 0.493 e. The molecular weight excluding hydrogens is 294 g/mol. The molecule has 0 aromatic heterocycles. The second kappa shape index (κ2) is 9.55. The maximum Gasteiger partial charge on any atom is 0.161 e. The molecule has 0 saturated carbocycles. The lowest BCUT2D eigenvalue weighted by molar-refractivity contribution is 0.0545. The molecule has 1 N–H and O–H groups in total. The Labute approximate surface area is 139 Å². The molecule has 5 nitrogen and oxygen atoms in total. The van der Waals surface area contributed by atoms with Crippen molar-refractivity contribution in [3.63, 3.8) is 0 Å². The number of methoxy groups -OCH3 is 3. The van der Waals surface area contributed by atoms with Gasteiger partial charge in [-0.3, -0.25) is 4.90 Å². The van der Waals surface area contributed by atoms with Crippen LogP contribution in [0.5, 0.6) is 11.5 Å². The van der Waals surface area contributed by atoms with Crippen LogP contribution in [-0.2, 0) is 11.3 Å². The van der Waals surface area contributed by atoms with Gasteiger partial charge in [-0.25, -0.2) is 0 Å². The van der Waals surface area contributed by atoms with Crippen molar-refractivity contribution in [2.45, 2.75) is 25.5 Å². The van der Waals surface area contributed by atoms with Crippen molar-refractivity contribution in [1.82, 2.24) is 4.90 Å². The second-order valence-electron chi connectivity index (χ2n) is 5.81. The summed E-state index contributed by atoms with van der Waals surface area (Å²) in [4.78, 5) is 2.18. The summed E-state index contributed by atoms with van der Waals surface area (Å²) in [5.74, 6) is 1.41. The average molecular weight is 323 g/mol. The molecule has 0 spiro atoms. The molecule has 1 rings (SSSR count). The van der Waals surface area contributed by atoms with Gasteiger partial charge in [-0.2, -0.15) is 0 Å². The highest BCUT2D eigenvalue weighted by molar-refractivity contribution is 5.42. The quantitative estimate of drug-likeness (QED) is 0.501. The molecule has 130 valence electrons. The number of benzene rings is 1. The molecule has 0 saturated heterocycles. The fraction of sp³-hybridized carbons (Fsp3) is 0.556. The molecule has 0 amide bonds. The summed E-state index contributed by atoms with van der Waals surface area (Å²) < 4.78 is 15.7. The van der Waals surface area contributed by atoms with Crippen LogP contribution in [0.1, 0.15) is 18.9 Å². The van der Waals surface area contributed by atoms with E-state index in [-0.39, 0.29) is 0 Å². The number of hydrogen-bond acceptors (Lipinski definition) is 5. The zero-order chi connectivity index (χ0) is 17.3. The van der Waals surface area contributed by atoms with Crippen LogP contribution >= 0.6 is 0 Å². The van der Waals surface area contributed by atoms with Crippen molar-refractivity contribution in [1.29, 1.82) is 0 Å². The molecule has 0 aliphatic carbocycles. The number of hydrogen-bond donors (Lipinski definition) is 1. The fourth-order valence-electron chi connectivity index (χ4n) is 2.40. The molecule has 1 aromatic carbocycles. The van der Waals surface area contributed by atoms with Crippen molar-refractivity contribution < 1.29 is 19.3 Å². The van der Waals surface area contributed by atoms with Crippen molar-refractivity contribution in [2.24, 2.45) is 0 Å². The van der Waals surface area contributed by atoms with Crippen LogP contribution in [0.3, 0.4) is 0 Å². The second-order valence-corrected chi connectivity index (χ2v) is 5.81. The number of rotatable bonds is 11. The number of aliphatic hydroxyl groups is 1. The van der Waals surface area contributed by atoms with E-state index in [0.29, 0.717) is 31.2 Å². The van der Waals surface area contributed by atoms with E-state index >= 15 is 0 Å². The van der Waals surface area contributed by atoms with Crippen molar-refractivity contribution in [3.8, 4) is 11.5 Å². The molecule has 5 heteroatoms. The monoisotopic (exact) mass is 323 g/mol. The van der Waals surface area contributed by atoms with Gasteiger partial charge in [0.05, 0.1) is 19.8 Å². The summed E-state index contributed by atoms with van der Waals surface area (Å²) in [7, 11) is 4.94. The highest BCUT2D eigenvalue weighted by Gasteiger charge is 2.20. The van der Waals surface area contributed by atoms with Crippen molar-refractivity contribution in [3.05, 3.63) is 36.4 Å². The topological polar surface area (TPSA) is 51.2 Å². The van der Waals surface area contributed by atoms with E-state index in [1.807, 2.05) is 18.2 Å². The third-order valence-corrected chi connectivity index (χ3v) is 3.66. The Morgan fingerprint density at radius 1 is 1.22 bits per heavy atom. The van der Waals surface area contributed by atoms with Gasteiger partial charge in [-0.15, -0.1) is 6.58 Å². The van der Waals surface area contributed by atoms with Crippen LogP contribution in [0.15, 0.2) is 30.9 Å². The minimum Gasteiger partial charge on any atom is -0.493 e. The molecule has 0 aliphatic heterocycles. The van der Waals surface area contributed by atoms with Gasteiger partial charge in [-0.1, -0.05) is 12.1 Å². The first kappa shape index (κ1) is 19.5. The van der Waals surface area contributed by atoms with E-state index in [2.05, 4.69) is 11.5 Å². The van der Waals surface area contributed by atoms with E-state index in [1.54, 1.807) is 34.3 Å². The van der Waals surface area contributed by atoms with E-state index < -0.39 is 5.60 Å². The maximum absolute atomic E-state index is 10.3. The van der Waals surface area contributed by atoms with Crippen LogP contribution in [0.2, 0.25) is 0 Å². The Morgan fingerprint density at radius 3 is 2.48 bits per heavy atom. The fourth-order valence-corrected chi connectivity index (χ4v) is 2.40. The summed E-state index contributed by atoms with van der Waals surface area (Å²) >= 11 is 0. The zero-order valence-electron chi connectivity index (χ0n) is 14.7. The van der Waals surface area contributed by atoms with Crippen molar-refractivity contribution in [2.75, 3.05) is 41.0 Å². The highest BCUT2D eigenvalue weighted by Crippen LogP contribution is 2.28. The van der Waals surface area contributed by atoms with Crippen LogP contribution in [0.4, 0.5) is 0 Å². The SMILES string of the molecule is C=CC(C)(O)CN(CCCOC)Cc1ccc(OC)c(OC)c1. The third kappa shape index (κ3) is 6.60. The lowest BCUT2D eigenvalue weighted by atomic mass is 10.1. The molecule has 1 aromatic rings. The molecule has 1 atom stereocenters. The molecular formula is C18H29NO4. The standard InChI is InChI=1S/C18H29NO4/c1-6-18(2,20)14-19(10-7-11-21-3)13-15-8-9-16(22-4)17(12-15)23-5/h6,8-9,12,20H,1,7,10-11,13-14H2,2-5H3. The maximum atomic E-state index is 10.3. The average Bonchev–Trinajstić information content (AvgIpc) is 2.54. The van der Waals surface area contributed by atoms with Gasteiger partial charge in [0.2, 0.25) is 0 Å². The van der Waals surface area contributed by atoms with Crippen molar-refractivity contribution >= 4 is 0 Å². The lowest BCUT2D eigenvalue weighted by Gasteiger charge is -2.29. The van der Waals surface area contributed by atoms with Gasteiger partial charge in [-0.05, 0) is 31.0 Å². The summed E-state index contributed by atoms with van der Waals surface area (Å²) in [6, 6.07) is 5.87. The highest BCUT2D eigenvalue weighted by atomic mass is 16.5. The lowest BCUT2D eigenvalue weighted by Crippen LogP contribution is -2.39. The molecule has 0 heterocycles. The normalized spacial score (nSPS) is 13.7. The van der Waals surface area contributed by atoms with Crippen LogP contribution < -0.4 is 9.47 Å². The number of nitrogens with zero attached hydrogens (tertiary/aromatic N) is 1. The minimum atomic E-state index is -0.927. The predicted octanol–water partition coefficient (Wildman–Crippen LogP) is 2.48. The Bertz CT molecular complexity index is 488. The Morgan fingerprint density at radius 2 is 1.91 bits per heavy atom. The van der Waals surface area contributed by atoms with Gasteiger partial charge < -0.3 is 19.3 Å². The third-order valence-electron chi connectivity index (χ3n) is 3.66. The summed E-state index contributed by atoms with van der Waals surface area (Å²) in [5, 5.41) is 10.3. The number of ether oxygens (including phenoxy) is 3.